The second kappa shape index (κ2) is 13.2. The predicted molar refractivity (Wildman–Crippen MR) is 143 cm³/mol. The van der Waals surface area contributed by atoms with Gasteiger partial charge in [-0.15, -0.1) is 0 Å². The second-order valence-corrected chi connectivity index (χ2v) is 10.1. The first-order chi connectivity index (χ1) is 16.7. The summed E-state index contributed by atoms with van der Waals surface area (Å²) in [4.78, 5) is 12.1. The molecule has 1 unspecified atom stereocenters. The van der Waals surface area contributed by atoms with Crippen LogP contribution in [0.25, 0.3) is 5.57 Å². The first-order valence-corrected chi connectivity index (χ1v) is 13.2. The van der Waals surface area contributed by atoms with Gasteiger partial charge in [-0.2, -0.15) is 0 Å². The minimum absolute atomic E-state index is 0.676. The summed E-state index contributed by atoms with van der Waals surface area (Å²) in [5, 5.41) is 3.77. The van der Waals surface area contributed by atoms with Crippen molar-refractivity contribution < 1.29 is 4.74 Å². The number of aliphatic imine (C=N–C) groups is 1. The molecule has 0 radical (unpaired) electrons. The smallest absolute Gasteiger partial charge is 0.0507 e. The van der Waals surface area contributed by atoms with Crippen molar-refractivity contribution in [1.29, 1.82) is 0 Å². The van der Waals surface area contributed by atoms with E-state index in [-0.39, 0.29) is 0 Å². The molecule has 34 heavy (non-hydrogen) atoms. The van der Waals surface area contributed by atoms with Crippen LogP contribution in [0, 0.1) is 5.92 Å². The summed E-state index contributed by atoms with van der Waals surface area (Å²) >= 11 is 0. The third-order valence-corrected chi connectivity index (χ3v) is 7.55. The van der Waals surface area contributed by atoms with Gasteiger partial charge < -0.3 is 30.5 Å². The van der Waals surface area contributed by atoms with E-state index in [1.807, 2.05) is 6.21 Å². The average Bonchev–Trinajstić information content (AvgIpc) is 3.40. The Hall–Kier alpha value is -1.93. The van der Waals surface area contributed by atoms with E-state index in [1.165, 1.54) is 38.0 Å². The molecule has 3 aliphatic rings. The number of piperazine rings is 1. The Morgan fingerprint density at radius 3 is 2.53 bits per heavy atom. The molecule has 3 saturated heterocycles. The number of ether oxygens (including phenoxy) is 1. The minimum atomic E-state index is 0.676. The summed E-state index contributed by atoms with van der Waals surface area (Å²) in [5.41, 5.74) is 9.33. The van der Waals surface area contributed by atoms with Gasteiger partial charge >= 0.3 is 0 Å². The molecular weight excluding hydrogens is 424 g/mol. The first kappa shape index (κ1) is 25.2. The molecule has 3 aliphatic heterocycles. The Labute approximate surface area is 206 Å². The third kappa shape index (κ3) is 7.54. The molecule has 3 fully saturated rings. The lowest BCUT2D eigenvalue weighted by atomic mass is 10.0. The molecule has 188 valence electrons. The van der Waals surface area contributed by atoms with Gasteiger partial charge in [-0.3, -0.25) is 4.99 Å². The van der Waals surface area contributed by atoms with Crippen LogP contribution >= 0.6 is 0 Å². The van der Waals surface area contributed by atoms with Crippen molar-refractivity contribution in [2.24, 2.45) is 16.6 Å². The number of nitrogens with two attached hydrogens (primary N) is 1. The standard InChI is InChI=1S/C27H44N6O/c1-31-14-16-33(17-15-31)27-5-3-24(4-6-27)25(19-28)21-29-10-2-11-32-12-7-26(8-13-32)30-20-23-9-18-34-22-23/h3-6,19,21,23,26,30H,2,7-18,20,22,28H2,1H3/b25-19+,29-21?. The molecule has 4 rings (SSSR count). The summed E-state index contributed by atoms with van der Waals surface area (Å²) in [6.45, 7) is 11.8. The van der Waals surface area contributed by atoms with Crippen LogP contribution in [0.4, 0.5) is 5.69 Å². The molecule has 7 heteroatoms. The Balaban J connectivity index is 1.12. The van der Waals surface area contributed by atoms with E-state index in [1.54, 1.807) is 6.20 Å². The van der Waals surface area contributed by atoms with Gasteiger partial charge in [0, 0.05) is 75.6 Å². The van der Waals surface area contributed by atoms with Crippen molar-refractivity contribution in [3.05, 3.63) is 36.0 Å². The topological polar surface area (TPSA) is 69.4 Å². The molecule has 1 aromatic rings. The van der Waals surface area contributed by atoms with E-state index in [0.717, 1.165) is 82.5 Å². The van der Waals surface area contributed by atoms with Crippen molar-refractivity contribution in [2.75, 3.05) is 84.1 Å². The van der Waals surface area contributed by atoms with E-state index >= 15 is 0 Å². The molecule has 7 nitrogen and oxygen atoms in total. The summed E-state index contributed by atoms with van der Waals surface area (Å²) in [6.07, 6.45) is 8.42. The van der Waals surface area contributed by atoms with Crippen LogP contribution in [-0.4, -0.2) is 101 Å². The second-order valence-electron chi connectivity index (χ2n) is 10.1. The third-order valence-electron chi connectivity index (χ3n) is 7.55. The molecule has 0 saturated carbocycles. The normalized spacial score (nSPS) is 23.9. The summed E-state index contributed by atoms with van der Waals surface area (Å²) in [7, 11) is 2.19. The maximum atomic E-state index is 5.92. The molecule has 3 heterocycles. The number of benzene rings is 1. The van der Waals surface area contributed by atoms with Gasteiger partial charge in [0.05, 0.1) is 6.61 Å². The Morgan fingerprint density at radius 2 is 1.85 bits per heavy atom. The monoisotopic (exact) mass is 468 g/mol. The van der Waals surface area contributed by atoms with E-state index in [2.05, 4.69) is 56.3 Å². The Bertz CT molecular complexity index is 773. The van der Waals surface area contributed by atoms with Gasteiger partial charge in [0.25, 0.3) is 0 Å². The lowest BCUT2D eigenvalue weighted by Crippen LogP contribution is -2.44. The number of hydrogen-bond acceptors (Lipinski definition) is 7. The zero-order valence-corrected chi connectivity index (χ0v) is 21.0. The van der Waals surface area contributed by atoms with Crippen molar-refractivity contribution in [3.63, 3.8) is 0 Å². The number of allylic oxidation sites excluding steroid dienone is 1. The molecule has 0 aromatic heterocycles. The fourth-order valence-electron chi connectivity index (χ4n) is 5.13. The zero-order valence-electron chi connectivity index (χ0n) is 21.0. The first-order valence-electron chi connectivity index (χ1n) is 13.2. The maximum Gasteiger partial charge on any atom is 0.0507 e. The maximum absolute atomic E-state index is 5.92. The molecule has 0 amide bonds. The average molecular weight is 469 g/mol. The minimum Gasteiger partial charge on any atom is -0.404 e. The van der Waals surface area contributed by atoms with E-state index < -0.39 is 0 Å². The molecule has 1 aromatic carbocycles. The number of rotatable bonds is 10. The highest BCUT2D eigenvalue weighted by molar-refractivity contribution is 6.09. The number of anilines is 1. The highest BCUT2D eigenvalue weighted by Crippen LogP contribution is 2.20. The molecule has 0 bridgehead atoms. The van der Waals surface area contributed by atoms with Crippen LogP contribution in [0.5, 0.6) is 0 Å². The Morgan fingerprint density at radius 1 is 1.09 bits per heavy atom. The fourth-order valence-corrected chi connectivity index (χ4v) is 5.13. The van der Waals surface area contributed by atoms with Crippen LogP contribution in [0.1, 0.15) is 31.2 Å². The van der Waals surface area contributed by atoms with Gasteiger partial charge in [0.1, 0.15) is 0 Å². The van der Waals surface area contributed by atoms with Crippen LogP contribution in [0.15, 0.2) is 35.5 Å². The van der Waals surface area contributed by atoms with Gasteiger partial charge in [-0.05, 0) is 76.0 Å². The lowest BCUT2D eigenvalue weighted by Gasteiger charge is -2.34. The number of nitrogens with zero attached hydrogens (tertiary/aromatic N) is 4. The van der Waals surface area contributed by atoms with E-state index in [0.29, 0.717) is 6.04 Å². The van der Waals surface area contributed by atoms with E-state index in [4.69, 9.17) is 10.5 Å². The quantitative estimate of drug-likeness (QED) is 0.406. The molecule has 0 spiro atoms. The number of nitrogens with one attached hydrogen (secondary N) is 1. The number of piperidine rings is 1. The van der Waals surface area contributed by atoms with Crippen molar-refractivity contribution in [1.82, 2.24) is 15.1 Å². The summed E-state index contributed by atoms with van der Waals surface area (Å²) in [6, 6.07) is 9.41. The zero-order chi connectivity index (χ0) is 23.6. The summed E-state index contributed by atoms with van der Waals surface area (Å²) < 4.78 is 5.48. The van der Waals surface area contributed by atoms with Crippen molar-refractivity contribution >= 4 is 17.5 Å². The van der Waals surface area contributed by atoms with Crippen molar-refractivity contribution in [3.8, 4) is 0 Å². The molecule has 0 aliphatic carbocycles. The largest absolute Gasteiger partial charge is 0.404 e. The number of likely N-dealkylation sites (N-methyl/N-ethyl adjacent to an activating group) is 1. The van der Waals surface area contributed by atoms with Crippen LogP contribution < -0.4 is 16.0 Å². The highest BCUT2D eigenvalue weighted by Gasteiger charge is 2.21. The molecular formula is C27H44N6O. The SMILES string of the molecule is CN1CCN(c2ccc(/C(C=NCCCN3CCC(NCC4CCOC4)CC3)=C/N)cc2)CC1. The van der Waals surface area contributed by atoms with Crippen LogP contribution in [-0.2, 0) is 4.74 Å². The fraction of sp³-hybridized carbons (Fsp3) is 0.667. The van der Waals surface area contributed by atoms with Gasteiger partial charge in [-0.25, -0.2) is 0 Å². The van der Waals surface area contributed by atoms with Crippen LogP contribution in [0.2, 0.25) is 0 Å². The van der Waals surface area contributed by atoms with E-state index in [9.17, 15) is 0 Å². The molecule has 3 N–H and O–H groups in total. The van der Waals surface area contributed by atoms with Gasteiger partial charge in [0.15, 0.2) is 0 Å². The van der Waals surface area contributed by atoms with Crippen molar-refractivity contribution in [2.45, 2.75) is 31.7 Å². The summed E-state index contributed by atoms with van der Waals surface area (Å²) in [5.74, 6) is 0.721. The van der Waals surface area contributed by atoms with Gasteiger partial charge in [0.2, 0.25) is 0 Å². The Kier molecular flexibility index (Phi) is 9.80. The lowest BCUT2D eigenvalue weighted by molar-refractivity contribution is 0.176. The number of hydrogen-bond donors (Lipinski definition) is 2. The highest BCUT2D eigenvalue weighted by atomic mass is 16.5. The van der Waals surface area contributed by atoms with Crippen LogP contribution in [0.3, 0.4) is 0 Å². The van der Waals surface area contributed by atoms with Gasteiger partial charge in [-0.1, -0.05) is 12.1 Å². The number of likely N-dealkylation sites (tertiary alicyclic amines) is 1. The molecule has 1 atom stereocenters. The predicted octanol–water partition coefficient (Wildman–Crippen LogP) is 2.29.